The van der Waals surface area contributed by atoms with Crippen LogP contribution in [0.2, 0.25) is 0 Å². The van der Waals surface area contributed by atoms with Gasteiger partial charge < -0.3 is 24.3 Å². The third kappa shape index (κ3) is 5.29. The van der Waals surface area contributed by atoms with Gasteiger partial charge in [-0.1, -0.05) is 13.0 Å². The Labute approximate surface area is 160 Å². The van der Waals surface area contributed by atoms with Crippen molar-refractivity contribution in [3.8, 4) is 23.0 Å². The quantitative estimate of drug-likeness (QED) is 0.720. The van der Waals surface area contributed by atoms with Gasteiger partial charge in [0.2, 0.25) is 0 Å². The first-order valence-electron chi connectivity index (χ1n) is 8.87. The highest BCUT2D eigenvalue weighted by molar-refractivity contribution is 5.95. The second-order valence-corrected chi connectivity index (χ2v) is 6.06. The van der Waals surface area contributed by atoms with Crippen LogP contribution in [0.15, 0.2) is 36.4 Å². The minimum atomic E-state index is -0.219. The molecule has 0 unspecified atom stereocenters. The van der Waals surface area contributed by atoms with Gasteiger partial charge in [-0.25, -0.2) is 0 Å². The molecule has 6 heteroatoms. The smallest absolute Gasteiger partial charge is 0.252 e. The summed E-state index contributed by atoms with van der Waals surface area (Å²) in [6.45, 7) is 4.59. The van der Waals surface area contributed by atoms with Crippen LogP contribution in [0.1, 0.15) is 42.2 Å². The first kappa shape index (κ1) is 20.4. The number of carbonyl (C=O) groups is 1. The summed E-state index contributed by atoms with van der Waals surface area (Å²) < 4.78 is 21.5. The van der Waals surface area contributed by atoms with Crippen molar-refractivity contribution >= 4 is 5.91 Å². The first-order chi connectivity index (χ1) is 13.0. The van der Waals surface area contributed by atoms with Crippen LogP contribution in [0.5, 0.6) is 23.0 Å². The molecule has 0 aliphatic rings. The van der Waals surface area contributed by atoms with Gasteiger partial charge in [-0.3, -0.25) is 4.79 Å². The molecule has 1 amide bonds. The normalized spacial score (nSPS) is 11.4. The van der Waals surface area contributed by atoms with Gasteiger partial charge >= 0.3 is 0 Å². The molecule has 0 saturated heterocycles. The van der Waals surface area contributed by atoms with E-state index < -0.39 is 0 Å². The Bertz CT molecular complexity index is 753. The molecule has 0 radical (unpaired) electrons. The summed E-state index contributed by atoms with van der Waals surface area (Å²) in [5, 5.41) is 2.98. The van der Waals surface area contributed by atoms with Crippen molar-refractivity contribution in [2.24, 2.45) is 0 Å². The van der Waals surface area contributed by atoms with E-state index in [0.29, 0.717) is 35.2 Å². The molecule has 0 aliphatic carbocycles. The van der Waals surface area contributed by atoms with E-state index in [4.69, 9.17) is 18.9 Å². The minimum absolute atomic E-state index is 0.218. The Morgan fingerprint density at radius 3 is 2.19 bits per heavy atom. The van der Waals surface area contributed by atoms with Crippen molar-refractivity contribution in [1.82, 2.24) is 5.32 Å². The van der Waals surface area contributed by atoms with Gasteiger partial charge in [-0.15, -0.1) is 0 Å². The number of carbonyl (C=O) groups excluding carboxylic acids is 1. The van der Waals surface area contributed by atoms with Gasteiger partial charge in [-0.05, 0) is 43.2 Å². The lowest BCUT2D eigenvalue weighted by Crippen LogP contribution is -2.26. The van der Waals surface area contributed by atoms with Gasteiger partial charge in [0.25, 0.3) is 5.91 Å². The van der Waals surface area contributed by atoms with Crippen molar-refractivity contribution < 1.29 is 23.7 Å². The molecule has 0 heterocycles. The molecule has 1 atom stereocenters. The van der Waals surface area contributed by atoms with E-state index in [1.807, 2.05) is 32.0 Å². The fourth-order valence-corrected chi connectivity index (χ4v) is 2.59. The average molecular weight is 373 g/mol. The molecule has 2 rings (SSSR count). The molecule has 27 heavy (non-hydrogen) atoms. The van der Waals surface area contributed by atoms with E-state index in [0.717, 1.165) is 12.0 Å². The summed E-state index contributed by atoms with van der Waals surface area (Å²) in [6.07, 6.45) is 0.918. The Morgan fingerprint density at radius 1 is 0.963 bits per heavy atom. The zero-order valence-electron chi connectivity index (χ0n) is 16.5. The Kier molecular flexibility index (Phi) is 7.34. The molecule has 146 valence electrons. The fraction of sp³-hybridized carbons (Fsp3) is 0.381. The highest BCUT2D eigenvalue weighted by Crippen LogP contribution is 2.31. The summed E-state index contributed by atoms with van der Waals surface area (Å²) in [7, 11) is 4.70. The van der Waals surface area contributed by atoms with Gasteiger partial charge in [0.1, 0.15) is 11.5 Å². The number of nitrogens with one attached hydrogen (secondary N) is 1. The Hall–Kier alpha value is -2.89. The highest BCUT2D eigenvalue weighted by Gasteiger charge is 2.16. The SMILES string of the molecule is CCCOc1ccc([C@@H](C)NC(=O)c2cc(OC)cc(OC)c2)cc1OC. The lowest BCUT2D eigenvalue weighted by Gasteiger charge is -2.17. The lowest BCUT2D eigenvalue weighted by molar-refractivity contribution is 0.0939. The van der Waals surface area contributed by atoms with Crippen molar-refractivity contribution in [3.05, 3.63) is 47.5 Å². The number of hydrogen-bond acceptors (Lipinski definition) is 5. The highest BCUT2D eigenvalue weighted by atomic mass is 16.5. The van der Waals surface area contributed by atoms with Crippen molar-refractivity contribution in [2.45, 2.75) is 26.3 Å². The summed E-state index contributed by atoms with van der Waals surface area (Å²) in [6, 6.07) is 10.5. The molecule has 0 spiro atoms. The van der Waals surface area contributed by atoms with Gasteiger partial charge in [0.15, 0.2) is 11.5 Å². The van der Waals surface area contributed by atoms with Crippen LogP contribution in [0, 0.1) is 0 Å². The van der Waals surface area contributed by atoms with Crippen LogP contribution in [-0.4, -0.2) is 33.8 Å². The predicted octanol–water partition coefficient (Wildman–Crippen LogP) is 3.99. The number of methoxy groups -OCH3 is 3. The van der Waals surface area contributed by atoms with Crippen molar-refractivity contribution in [2.75, 3.05) is 27.9 Å². The maximum Gasteiger partial charge on any atom is 0.252 e. The molecule has 0 aliphatic heterocycles. The van der Waals surface area contributed by atoms with E-state index in [9.17, 15) is 4.79 Å². The lowest BCUT2D eigenvalue weighted by atomic mass is 10.1. The average Bonchev–Trinajstić information content (AvgIpc) is 2.71. The molecule has 0 fully saturated rings. The van der Waals surface area contributed by atoms with Crippen LogP contribution in [0.25, 0.3) is 0 Å². The molecule has 0 bridgehead atoms. The Morgan fingerprint density at radius 2 is 1.63 bits per heavy atom. The molecular weight excluding hydrogens is 346 g/mol. The zero-order chi connectivity index (χ0) is 19.8. The van der Waals surface area contributed by atoms with E-state index in [1.54, 1.807) is 39.5 Å². The molecular formula is C21H27NO5. The van der Waals surface area contributed by atoms with Crippen LogP contribution in [-0.2, 0) is 0 Å². The van der Waals surface area contributed by atoms with E-state index in [1.165, 1.54) is 0 Å². The zero-order valence-corrected chi connectivity index (χ0v) is 16.5. The van der Waals surface area contributed by atoms with Crippen LogP contribution in [0.3, 0.4) is 0 Å². The number of rotatable bonds is 9. The second kappa shape index (κ2) is 9.71. The summed E-state index contributed by atoms with van der Waals surface area (Å²) in [5.41, 5.74) is 1.38. The van der Waals surface area contributed by atoms with Gasteiger partial charge in [-0.2, -0.15) is 0 Å². The Balaban J connectivity index is 2.16. The molecule has 0 aromatic heterocycles. The maximum absolute atomic E-state index is 12.6. The predicted molar refractivity (Wildman–Crippen MR) is 104 cm³/mol. The van der Waals surface area contributed by atoms with Crippen LogP contribution >= 0.6 is 0 Å². The molecule has 1 N–H and O–H groups in total. The third-order valence-electron chi connectivity index (χ3n) is 4.11. The summed E-state index contributed by atoms with van der Waals surface area (Å²) in [5.74, 6) is 2.24. The fourth-order valence-electron chi connectivity index (χ4n) is 2.59. The maximum atomic E-state index is 12.6. The third-order valence-corrected chi connectivity index (χ3v) is 4.11. The van der Waals surface area contributed by atoms with Crippen LogP contribution < -0.4 is 24.3 Å². The van der Waals surface area contributed by atoms with Crippen molar-refractivity contribution in [3.63, 3.8) is 0 Å². The number of benzene rings is 2. The van der Waals surface area contributed by atoms with Gasteiger partial charge in [0, 0.05) is 11.6 Å². The van der Waals surface area contributed by atoms with Crippen LogP contribution in [0.4, 0.5) is 0 Å². The topological polar surface area (TPSA) is 66.0 Å². The first-order valence-corrected chi connectivity index (χ1v) is 8.87. The molecule has 2 aromatic carbocycles. The summed E-state index contributed by atoms with van der Waals surface area (Å²) in [4.78, 5) is 12.6. The van der Waals surface area contributed by atoms with E-state index in [-0.39, 0.29) is 11.9 Å². The largest absolute Gasteiger partial charge is 0.497 e. The van der Waals surface area contributed by atoms with Crippen molar-refractivity contribution in [1.29, 1.82) is 0 Å². The van der Waals surface area contributed by atoms with E-state index >= 15 is 0 Å². The van der Waals surface area contributed by atoms with Gasteiger partial charge in [0.05, 0.1) is 34.0 Å². The minimum Gasteiger partial charge on any atom is -0.497 e. The number of ether oxygens (including phenoxy) is 4. The summed E-state index contributed by atoms with van der Waals surface area (Å²) >= 11 is 0. The number of amides is 1. The number of hydrogen-bond donors (Lipinski definition) is 1. The monoisotopic (exact) mass is 373 g/mol. The molecule has 2 aromatic rings. The van der Waals surface area contributed by atoms with E-state index in [2.05, 4.69) is 5.32 Å². The molecule has 0 saturated carbocycles. The standard InChI is InChI=1S/C21H27NO5/c1-6-9-27-19-8-7-15(12-20(19)26-5)14(2)22-21(23)16-10-17(24-3)13-18(11-16)25-4/h7-8,10-14H,6,9H2,1-5H3,(H,22,23)/t14-/m1/s1. The second-order valence-electron chi connectivity index (χ2n) is 6.06. The molecule has 6 nitrogen and oxygen atoms in total.